The molecule has 0 fully saturated rings. The van der Waals surface area contributed by atoms with Crippen LogP contribution in [0.5, 0.6) is 0 Å². The van der Waals surface area contributed by atoms with Gasteiger partial charge < -0.3 is 20.3 Å². The van der Waals surface area contributed by atoms with Gasteiger partial charge in [-0.15, -0.1) is 0 Å². The molecule has 0 aliphatic rings. The molecule has 0 saturated heterocycles. The highest BCUT2D eigenvalue weighted by Gasteiger charge is 2.05. The number of hydrogen-bond donors (Lipinski definition) is 3. The molecule has 1 heterocycles. The molecule has 3 rings (SSSR count). The number of nitrogens with zero attached hydrogens (tertiary/aromatic N) is 1. The van der Waals surface area contributed by atoms with Crippen LogP contribution >= 0.6 is 0 Å². The number of anilines is 2. The number of aromatic amines is 1. The van der Waals surface area contributed by atoms with Gasteiger partial charge in [-0.3, -0.25) is 4.79 Å². The molecule has 0 unspecified atom stereocenters. The van der Waals surface area contributed by atoms with Crippen molar-refractivity contribution < 1.29 is 9.90 Å². The fourth-order valence-corrected chi connectivity index (χ4v) is 2.82. The first-order chi connectivity index (χ1) is 12.2. The molecule has 5 nitrogen and oxygen atoms in total. The Balaban J connectivity index is 1.53. The van der Waals surface area contributed by atoms with E-state index in [1.807, 2.05) is 54.5 Å². The number of nitrogens with one attached hydrogen (secondary N) is 2. The minimum Gasteiger partial charge on any atom is -0.395 e. The van der Waals surface area contributed by atoms with E-state index in [4.69, 9.17) is 5.11 Å². The van der Waals surface area contributed by atoms with Crippen molar-refractivity contribution in [2.75, 3.05) is 30.4 Å². The minimum atomic E-state index is 0.00521. The standard InChI is InChI=1S/C20H23N3O2/c1-23(12-13-24)18-6-4-17(5-7-18)22-20(25)9-3-15-2-8-19-16(14-15)10-11-21-19/h2,4-8,10-11,14,21,24H,3,9,12-13H2,1H3,(H,22,25). The van der Waals surface area contributed by atoms with E-state index in [1.165, 1.54) is 5.39 Å². The summed E-state index contributed by atoms with van der Waals surface area (Å²) in [5, 5.41) is 13.1. The Hall–Kier alpha value is -2.79. The molecule has 130 valence electrons. The van der Waals surface area contributed by atoms with Gasteiger partial charge in [0.1, 0.15) is 0 Å². The molecule has 0 saturated carbocycles. The summed E-state index contributed by atoms with van der Waals surface area (Å²) in [5.41, 5.74) is 4.06. The van der Waals surface area contributed by atoms with Crippen molar-refractivity contribution in [2.45, 2.75) is 12.8 Å². The van der Waals surface area contributed by atoms with Crippen LogP contribution in [0.25, 0.3) is 10.9 Å². The Bertz CT molecular complexity index is 840. The Morgan fingerprint density at radius 1 is 1.16 bits per heavy atom. The van der Waals surface area contributed by atoms with Gasteiger partial charge in [-0.1, -0.05) is 6.07 Å². The smallest absolute Gasteiger partial charge is 0.224 e. The number of carbonyl (C=O) groups is 1. The van der Waals surface area contributed by atoms with Gasteiger partial charge in [0.15, 0.2) is 0 Å². The molecular formula is C20H23N3O2. The zero-order chi connectivity index (χ0) is 17.6. The Labute approximate surface area is 147 Å². The quantitative estimate of drug-likeness (QED) is 0.620. The maximum Gasteiger partial charge on any atom is 0.224 e. The summed E-state index contributed by atoms with van der Waals surface area (Å²) in [6.07, 6.45) is 3.08. The average Bonchev–Trinajstić information content (AvgIpc) is 3.08. The van der Waals surface area contributed by atoms with E-state index >= 15 is 0 Å². The van der Waals surface area contributed by atoms with E-state index in [9.17, 15) is 4.79 Å². The molecule has 5 heteroatoms. The van der Waals surface area contributed by atoms with Crippen molar-refractivity contribution in [3.05, 3.63) is 60.3 Å². The van der Waals surface area contributed by atoms with Gasteiger partial charge >= 0.3 is 0 Å². The Morgan fingerprint density at radius 3 is 2.72 bits per heavy atom. The van der Waals surface area contributed by atoms with Crippen LogP contribution in [0, 0.1) is 0 Å². The lowest BCUT2D eigenvalue weighted by atomic mass is 10.1. The summed E-state index contributed by atoms with van der Waals surface area (Å²) in [6, 6.07) is 15.9. The Morgan fingerprint density at radius 2 is 1.96 bits per heavy atom. The van der Waals surface area contributed by atoms with E-state index in [2.05, 4.69) is 22.4 Å². The molecule has 1 aromatic heterocycles. The van der Waals surface area contributed by atoms with Crippen LogP contribution in [-0.2, 0) is 11.2 Å². The van der Waals surface area contributed by atoms with Crippen LogP contribution in [0.4, 0.5) is 11.4 Å². The first kappa shape index (κ1) is 17.0. The number of hydrogen-bond acceptors (Lipinski definition) is 3. The number of carbonyl (C=O) groups excluding carboxylic acids is 1. The number of likely N-dealkylation sites (N-methyl/N-ethyl adjacent to an activating group) is 1. The minimum absolute atomic E-state index is 0.00521. The van der Waals surface area contributed by atoms with Crippen molar-refractivity contribution in [3.8, 4) is 0 Å². The molecule has 3 aromatic rings. The molecule has 2 aromatic carbocycles. The second-order valence-electron chi connectivity index (χ2n) is 6.14. The maximum atomic E-state index is 12.2. The highest BCUT2D eigenvalue weighted by Crippen LogP contribution is 2.18. The molecule has 0 radical (unpaired) electrons. The number of rotatable bonds is 7. The second-order valence-corrected chi connectivity index (χ2v) is 6.14. The van der Waals surface area contributed by atoms with Gasteiger partial charge in [0.05, 0.1) is 6.61 Å². The number of H-pyrrole nitrogens is 1. The third kappa shape index (κ3) is 4.39. The highest BCUT2D eigenvalue weighted by atomic mass is 16.3. The lowest BCUT2D eigenvalue weighted by Crippen LogP contribution is -2.21. The summed E-state index contributed by atoms with van der Waals surface area (Å²) in [7, 11) is 1.92. The molecule has 0 aliphatic carbocycles. The molecule has 0 atom stereocenters. The van der Waals surface area contributed by atoms with Crippen molar-refractivity contribution in [1.29, 1.82) is 0 Å². The van der Waals surface area contributed by atoms with Crippen molar-refractivity contribution in [3.63, 3.8) is 0 Å². The number of fused-ring (bicyclic) bond motifs is 1. The molecular weight excluding hydrogens is 314 g/mol. The number of aliphatic hydroxyl groups is 1. The van der Waals surface area contributed by atoms with E-state index in [-0.39, 0.29) is 12.5 Å². The van der Waals surface area contributed by atoms with Crippen molar-refractivity contribution >= 4 is 28.2 Å². The fourth-order valence-electron chi connectivity index (χ4n) is 2.82. The third-order valence-corrected chi connectivity index (χ3v) is 4.29. The van der Waals surface area contributed by atoms with Crippen LogP contribution in [0.1, 0.15) is 12.0 Å². The van der Waals surface area contributed by atoms with Crippen molar-refractivity contribution in [1.82, 2.24) is 4.98 Å². The first-order valence-electron chi connectivity index (χ1n) is 8.43. The van der Waals surface area contributed by atoms with Crippen LogP contribution in [0.2, 0.25) is 0 Å². The fraction of sp³-hybridized carbons (Fsp3) is 0.250. The molecule has 0 spiro atoms. The molecule has 0 aliphatic heterocycles. The van der Waals surface area contributed by atoms with E-state index in [1.54, 1.807) is 0 Å². The van der Waals surface area contributed by atoms with Gasteiger partial charge in [-0.05, 0) is 59.8 Å². The maximum absolute atomic E-state index is 12.2. The molecule has 1 amide bonds. The summed E-state index contributed by atoms with van der Waals surface area (Å²) in [6.45, 7) is 0.695. The van der Waals surface area contributed by atoms with Gasteiger partial charge in [0, 0.05) is 43.1 Å². The number of aromatic nitrogens is 1. The predicted molar refractivity (Wildman–Crippen MR) is 102 cm³/mol. The number of amides is 1. The largest absolute Gasteiger partial charge is 0.395 e. The van der Waals surface area contributed by atoms with Crippen LogP contribution in [-0.4, -0.2) is 36.2 Å². The number of aryl methyl sites for hydroxylation is 1. The Kier molecular flexibility index (Phi) is 5.36. The number of aliphatic hydroxyl groups excluding tert-OH is 1. The van der Waals surface area contributed by atoms with Crippen LogP contribution < -0.4 is 10.2 Å². The summed E-state index contributed by atoms with van der Waals surface area (Å²) >= 11 is 0. The zero-order valence-electron chi connectivity index (χ0n) is 14.3. The molecule has 25 heavy (non-hydrogen) atoms. The zero-order valence-corrected chi connectivity index (χ0v) is 14.3. The lowest BCUT2D eigenvalue weighted by molar-refractivity contribution is -0.116. The van der Waals surface area contributed by atoms with E-state index in [0.717, 1.165) is 22.5 Å². The van der Waals surface area contributed by atoms with Crippen molar-refractivity contribution in [2.24, 2.45) is 0 Å². The second kappa shape index (κ2) is 7.85. The average molecular weight is 337 g/mol. The predicted octanol–water partition coefficient (Wildman–Crippen LogP) is 3.17. The van der Waals surface area contributed by atoms with E-state index in [0.29, 0.717) is 19.4 Å². The monoisotopic (exact) mass is 337 g/mol. The van der Waals surface area contributed by atoms with Gasteiger partial charge in [0.25, 0.3) is 0 Å². The highest BCUT2D eigenvalue weighted by molar-refractivity contribution is 5.91. The summed E-state index contributed by atoms with van der Waals surface area (Å²) in [5.74, 6) is 0.00521. The van der Waals surface area contributed by atoms with Crippen LogP contribution in [0.3, 0.4) is 0 Å². The molecule has 3 N–H and O–H groups in total. The van der Waals surface area contributed by atoms with Gasteiger partial charge in [0.2, 0.25) is 5.91 Å². The number of benzene rings is 2. The van der Waals surface area contributed by atoms with Crippen LogP contribution in [0.15, 0.2) is 54.7 Å². The summed E-state index contributed by atoms with van der Waals surface area (Å²) in [4.78, 5) is 17.3. The first-order valence-corrected chi connectivity index (χ1v) is 8.43. The third-order valence-electron chi connectivity index (χ3n) is 4.29. The topological polar surface area (TPSA) is 68.4 Å². The molecule has 0 bridgehead atoms. The van der Waals surface area contributed by atoms with Gasteiger partial charge in [-0.25, -0.2) is 0 Å². The lowest BCUT2D eigenvalue weighted by Gasteiger charge is -2.18. The SMILES string of the molecule is CN(CCO)c1ccc(NC(=O)CCc2ccc3[nH]ccc3c2)cc1. The van der Waals surface area contributed by atoms with E-state index < -0.39 is 0 Å². The summed E-state index contributed by atoms with van der Waals surface area (Å²) < 4.78 is 0. The normalized spacial score (nSPS) is 10.8. The van der Waals surface area contributed by atoms with Gasteiger partial charge in [-0.2, -0.15) is 0 Å².